The van der Waals surface area contributed by atoms with Crippen molar-refractivity contribution in [2.45, 2.75) is 12.7 Å². The van der Waals surface area contributed by atoms with Crippen LogP contribution in [0.2, 0.25) is 0 Å². The summed E-state index contributed by atoms with van der Waals surface area (Å²) in [6.07, 6.45) is -4.30. The Bertz CT molecular complexity index is 547. The molecule has 0 amide bonds. The highest BCUT2D eigenvalue weighted by Crippen LogP contribution is 2.29. The van der Waals surface area contributed by atoms with E-state index < -0.39 is 11.7 Å². The first-order valence-corrected chi connectivity index (χ1v) is 5.71. The highest BCUT2D eigenvalue weighted by molar-refractivity contribution is 5.50. The van der Waals surface area contributed by atoms with E-state index >= 15 is 0 Å². The summed E-state index contributed by atoms with van der Waals surface area (Å²) >= 11 is 0. The minimum Gasteiger partial charge on any atom is -0.398 e. The predicted molar refractivity (Wildman–Crippen MR) is 69.6 cm³/mol. The highest BCUT2D eigenvalue weighted by atomic mass is 19.4. The molecule has 2 nitrogen and oxygen atoms in total. The molecule has 0 unspecified atom stereocenters. The molecule has 19 heavy (non-hydrogen) atoms. The summed E-state index contributed by atoms with van der Waals surface area (Å²) in [5, 5.41) is 3.03. The van der Waals surface area contributed by atoms with Crippen LogP contribution in [-0.4, -0.2) is 0 Å². The maximum atomic E-state index is 12.4. The van der Waals surface area contributed by atoms with Crippen LogP contribution < -0.4 is 11.1 Å². The summed E-state index contributed by atoms with van der Waals surface area (Å²) in [4.78, 5) is 0. The zero-order valence-corrected chi connectivity index (χ0v) is 10.0. The third-order valence-electron chi connectivity index (χ3n) is 2.75. The number of benzene rings is 2. The maximum absolute atomic E-state index is 12.4. The van der Waals surface area contributed by atoms with Crippen molar-refractivity contribution in [3.8, 4) is 0 Å². The van der Waals surface area contributed by atoms with Gasteiger partial charge in [0.1, 0.15) is 0 Å². The van der Waals surface area contributed by atoms with Crippen LogP contribution in [0.25, 0.3) is 0 Å². The summed E-state index contributed by atoms with van der Waals surface area (Å²) in [5.41, 5.74) is 7.30. The van der Waals surface area contributed by atoms with Crippen molar-refractivity contribution in [2.75, 3.05) is 11.1 Å². The molecule has 0 saturated carbocycles. The number of halogens is 3. The zero-order chi connectivity index (χ0) is 13.9. The van der Waals surface area contributed by atoms with Crippen molar-refractivity contribution in [1.29, 1.82) is 0 Å². The van der Waals surface area contributed by atoms with Crippen molar-refractivity contribution >= 4 is 11.4 Å². The van der Waals surface area contributed by atoms with E-state index in [1.165, 1.54) is 12.1 Å². The van der Waals surface area contributed by atoms with Gasteiger partial charge in [0.25, 0.3) is 0 Å². The van der Waals surface area contributed by atoms with Crippen LogP contribution in [-0.2, 0) is 12.7 Å². The number of nitrogens with one attached hydrogen (secondary N) is 1. The molecule has 0 fully saturated rings. The average Bonchev–Trinajstić information content (AvgIpc) is 2.37. The number of para-hydroxylation sites is 1. The van der Waals surface area contributed by atoms with E-state index in [9.17, 15) is 13.2 Å². The fraction of sp³-hybridized carbons (Fsp3) is 0.143. The van der Waals surface area contributed by atoms with Gasteiger partial charge in [-0.15, -0.1) is 0 Å². The molecule has 0 radical (unpaired) electrons. The highest BCUT2D eigenvalue weighted by Gasteiger charge is 2.29. The molecular formula is C14H13F3N2. The lowest BCUT2D eigenvalue weighted by Crippen LogP contribution is -2.06. The Labute approximate surface area is 109 Å². The molecular weight excluding hydrogens is 253 g/mol. The first-order valence-electron chi connectivity index (χ1n) is 5.71. The molecule has 0 aliphatic carbocycles. The van der Waals surface area contributed by atoms with Gasteiger partial charge in [-0.25, -0.2) is 0 Å². The maximum Gasteiger partial charge on any atom is 0.416 e. The molecule has 0 spiro atoms. The van der Waals surface area contributed by atoms with Crippen LogP contribution in [0.15, 0.2) is 48.5 Å². The standard InChI is InChI=1S/C14H13F3N2/c15-14(16,17)11-5-7-12(8-6-11)19-9-10-3-1-2-4-13(10)18/h1-8,19H,9,18H2. The second kappa shape index (κ2) is 5.22. The minimum atomic E-state index is -4.30. The van der Waals surface area contributed by atoms with Crippen molar-refractivity contribution in [2.24, 2.45) is 0 Å². The molecule has 2 aromatic carbocycles. The molecule has 0 aliphatic rings. The van der Waals surface area contributed by atoms with Crippen molar-refractivity contribution < 1.29 is 13.2 Å². The summed E-state index contributed by atoms with van der Waals surface area (Å²) in [6, 6.07) is 12.3. The first-order chi connectivity index (χ1) is 8.97. The van der Waals surface area contributed by atoms with Gasteiger partial charge in [-0.2, -0.15) is 13.2 Å². The molecule has 5 heteroatoms. The van der Waals surface area contributed by atoms with E-state index in [0.717, 1.165) is 17.7 Å². The number of hydrogen-bond acceptors (Lipinski definition) is 2. The lowest BCUT2D eigenvalue weighted by atomic mass is 10.1. The fourth-order valence-corrected chi connectivity index (χ4v) is 1.67. The van der Waals surface area contributed by atoms with E-state index in [-0.39, 0.29) is 0 Å². The second-order valence-electron chi connectivity index (χ2n) is 4.13. The summed E-state index contributed by atoms with van der Waals surface area (Å²) in [6.45, 7) is 0.470. The van der Waals surface area contributed by atoms with Crippen LogP contribution in [0.4, 0.5) is 24.5 Å². The van der Waals surface area contributed by atoms with Crippen LogP contribution >= 0.6 is 0 Å². The lowest BCUT2D eigenvalue weighted by Gasteiger charge is -2.10. The largest absolute Gasteiger partial charge is 0.416 e. The van der Waals surface area contributed by atoms with Crippen LogP contribution in [0, 0.1) is 0 Å². The summed E-state index contributed by atoms with van der Waals surface area (Å²) in [5.74, 6) is 0. The van der Waals surface area contributed by atoms with Gasteiger partial charge in [-0.1, -0.05) is 18.2 Å². The minimum absolute atomic E-state index is 0.470. The van der Waals surface area contributed by atoms with Gasteiger partial charge in [-0.05, 0) is 35.9 Å². The van der Waals surface area contributed by atoms with Gasteiger partial charge in [-0.3, -0.25) is 0 Å². The van der Waals surface area contributed by atoms with Gasteiger partial charge >= 0.3 is 6.18 Å². The zero-order valence-electron chi connectivity index (χ0n) is 10.0. The molecule has 0 bridgehead atoms. The Morgan fingerprint density at radius 2 is 1.58 bits per heavy atom. The topological polar surface area (TPSA) is 38.0 Å². The van der Waals surface area contributed by atoms with Crippen LogP contribution in [0.1, 0.15) is 11.1 Å². The van der Waals surface area contributed by atoms with Crippen molar-refractivity contribution in [1.82, 2.24) is 0 Å². The SMILES string of the molecule is Nc1ccccc1CNc1ccc(C(F)(F)F)cc1. The molecule has 100 valence electrons. The Hall–Kier alpha value is -2.17. The van der Waals surface area contributed by atoms with E-state index in [4.69, 9.17) is 5.73 Å². The van der Waals surface area contributed by atoms with E-state index in [0.29, 0.717) is 17.9 Å². The third kappa shape index (κ3) is 3.40. The molecule has 0 aliphatic heterocycles. The van der Waals surface area contributed by atoms with Crippen molar-refractivity contribution in [3.05, 3.63) is 59.7 Å². The van der Waals surface area contributed by atoms with Gasteiger partial charge in [0.15, 0.2) is 0 Å². The fourth-order valence-electron chi connectivity index (χ4n) is 1.67. The summed E-state index contributed by atoms with van der Waals surface area (Å²) < 4.78 is 37.2. The van der Waals surface area contributed by atoms with E-state index in [2.05, 4.69) is 5.32 Å². The van der Waals surface area contributed by atoms with Crippen LogP contribution in [0.5, 0.6) is 0 Å². The third-order valence-corrected chi connectivity index (χ3v) is 2.75. The van der Waals surface area contributed by atoms with Crippen molar-refractivity contribution in [3.63, 3.8) is 0 Å². The number of anilines is 2. The Morgan fingerprint density at radius 1 is 0.947 bits per heavy atom. The number of alkyl halides is 3. The number of hydrogen-bond donors (Lipinski definition) is 2. The van der Waals surface area contributed by atoms with Gasteiger partial charge in [0.05, 0.1) is 5.56 Å². The molecule has 3 N–H and O–H groups in total. The Morgan fingerprint density at radius 3 is 2.16 bits per heavy atom. The summed E-state index contributed by atoms with van der Waals surface area (Å²) in [7, 11) is 0. The number of rotatable bonds is 3. The monoisotopic (exact) mass is 266 g/mol. The number of nitrogen functional groups attached to an aromatic ring is 1. The quantitative estimate of drug-likeness (QED) is 0.827. The lowest BCUT2D eigenvalue weighted by molar-refractivity contribution is -0.137. The molecule has 0 saturated heterocycles. The Kier molecular flexibility index (Phi) is 3.64. The second-order valence-corrected chi connectivity index (χ2v) is 4.13. The molecule has 0 heterocycles. The number of nitrogens with two attached hydrogens (primary N) is 1. The van der Waals surface area contributed by atoms with Gasteiger partial charge in [0, 0.05) is 17.9 Å². The average molecular weight is 266 g/mol. The van der Waals surface area contributed by atoms with Gasteiger partial charge in [0.2, 0.25) is 0 Å². The Balaban J connectivity index is 2.03. The van der Waals surface area contributed by atoms with E-state index in [1.54, 1.807) is 6.07 Å². The smallest absolute Gasteiger partial charge is 0.398 e. The molecule has 2 aromatic rings. The van der Waals surface area contributed by atoms with Crippen LogP contribution in [0.3, 0.4) is 0 Å². The normalized spacial score (nSPS) is 11.3. The van der Waals surface area contributed by atoms with Gasteiger partial charge < -0.3 is 11.1 Å². The molecule has 2 rings (SSSR count). The van der Waals surface area contributed by atoms with E-state index in [1.807, 2.05) is 18.2 Å². The first kappa shape index (κ1) is 13.3. The molecule has 0 atom stereocenters. The molecule has 0 aromatic heterocycles. The predicted octanol–water partition coefficient (Wildman–Crippen LogP) is 3.90.